The molecule has 0 saturated carbocycles. The first-order valence-corrected chi connectivity index (χ1v) is 7.95. The topological polar surface area (TPSA) is 52.5 Å². The van der Waals surface area contributed by atoms with Gasteiger partial charge < -0.3 is 19.4 Å². The zero-order valence-electron chi connectivity index (χ0n) is 13.4. The third-order valence-corrected chi connectivity index (χ3v) is 4.15. The standard InChI is InChI=1S/C19H18N2O3/c1-13-10-14-4-2-3-5-16(14)21(13)12-19(22)20-15-6-7-17-18(11-15)24-9-8-23-17/h2-7,10-11H,8-9,12H2,1H3,(H,20,22). The van der Waals surface area contributed by atoms with Crippen molar-refractivity contribution >= 4 is 22.5 Å². The first kappa shape index (κ1) is 14.6. The maximum absolute atomic E-state index is 12.4. The van der Waals surface area contributed by atoms with Crippen LogP contribution in [0.25, 0.3) is 10.9 Å². The number of ether oxygens (including phenoxy) is 2. The van der Waals surface area contributed by atoms with Crippen molar-refractivity contribution in [1.82, 2.24) is 4.57 Å². The van der Waals surface area contributed by atoms with Crippen LogP contribution in [-0.4, -0.2) is 23.7 Å². The number of anilines is 1. The van der Waals surface area contributed by atoms with Gasteiger partial charge in [0.1, 0.15) is 19.8 Å². The van der Waals surface area contributed by atoms with E-state index in [1.54, 1.807) is 6.07 Å². The van der Waals surface area contributed by atoms with E-state index in [9.17, 15) is 4.79 Å². The maximum Gasteiger partial charge on any atom is 0.244 e. The molecule has 1 aromatic heterocycles. The minimum absolute atomic E-state index is 0.0730. The average Bonchev–Trinajstić information content (AvgIpc) is 2.90. The van der Waals surface area contributed by atoms with Crippen molar-refractivity contribution in [2.75, 3.05) is 18.5 Å². The molecule has 0 unspecified atom stereocenters. The van der Waals surface area contributed by atoms with E-state index >= 15 is 0 Å². The van der Waals surface area contributed by atoms with Crippen molar-refractivity contribution in [2.24, 2.45) is 0 Å². The van der Waals surface area contributed by atoms with Crippen molar-refractivity contribution in [3.8, 4) is 11.5 Å². The lowest BCUT2D eigenvalue weighted by Gasteiger charge is -2.19. The van der Waals surface area contributed by atoms with Crippen LogP contribution in [0.1, 0.15) is 5.69 Å². The molecular formula is C19H18N2O3. The molecule has 24 heavy (non-hydrogen) atoms. The van der Waals surface area contributed by atoms with Gasteiger partial charge in [-0.2, -0.15) is 0 Å². The van der Waals surface area contributed by atoms with Crippen LogP contribution < -0.4 is 14.8 Å². The van der Waals surface area contributed by atoms with E-state index in [4.69, 9.17) is 9.47 Å². The second kappa shape index (κ2) is 5.92. The Morgan fingerprint density at radius 3 is 2.75 bits per heavy atom. The third kappa shape index (κ3) is 2.69. The molecule has 0 atom stereocenters. The minimum atomic E-state index is -0.0730. The van der Waals surface area contributed by atoms with Gasteiger partial charge in [-0.15, -0.1) is 0 Å². The first-order valence-electron chi connectivity index (χ1n) is 7.95. The summed E-state index contributed by atoms with van der Waals surface area (Å²) in [4.78, 5) is 12.4. The highest BCUT2D eigenvalue weighted by Gasteiger charge is 2.14. The lowest BCUT2D eigenvalue weighted by Crippen LogP contribution is -2.20. The molecule has 0 fully saturated rings. The molecule has 0 spiro atoms. The van der Waals surface area contributed by atoms with Crippen LogP contribution in [0.2, 0.25) is 0 Å². The summed E-state index contributed by atoms with van der Waals surface area (Å²) >= 11 is 0. The second-order valence-electron chi connectivity index (χ2n) is 5.84. The van der Waals surface area contributed by atoms with Gasteiger partial charge in [-0.1, -0.05) is 18.2 Å². The van der Waals surface area contributed by atoms with Gasteiger partial charge in [-0.25, -0.2) is 0 Å². The Bertz CT molecular complexity index is 914. The van der Waals surface area contributed by atoms with E-state index in [1.807, 2.05) is 41.8 Å². The molecule has 1 N–H and O–H groups in total. The van der Waals surface area contributed by atoms with Gasteiger partial charge in [0, 0.05) is 23.0 Å². The Morgan fingerprint density at radius 1 is 1.08 bits per heavy atom. The highest BCUT2D eigenvalue weighted by Crippen LogP contribution is 2.32. The van der Waals surface area contributed by atoms with Gasteiger partial charge in [0.2, 0.25) is 5.91 Å². The van der Waals surface area contributed by atoms with Crippen LogP contribution in [0, 0.1) is 6.92 Å². The number of amides is 1. The van der Waals surface area contributed by atoms with Crippen LogP contribution in [0.4, 0.5) is 5.69 Å². The van der Waals surface area contributed by atoms with E-state index in [2.05, 4.69) is 17.4 Å². The van der Waals surface area contributed by atoms with Gasteiger partial charge in [0.25, 0.3) is 0 Å². The highest BCUT2D eigenvalue weighted by atomic mass is 16.6. The number of para-hydroxylation sites is 1. The summed E-state index contributed by atoms with van der Waals surface area (Å²) in [5, 5.41) is 4.07. The number of fused-ring (bicyclic) bond motifs is 2. The van der Waals surface area contributed by atoms with Crippen LogP contribution in [0.3, 0.4) is 0 Å². The van der Waals surface area contributed by atoms with Crippen molar-refractivity contribution in [3.05, 3.63) is 54.2 Å². The molecule has 1 aliphatic heterocycles. The van der Waals surface area contributed by atoms with Crippen molar-refractivity contribution < 1.29 is 14.3 Å². The first-order chi connectivity index (χ1) is 11.7. The number of aryl methyl sites for hydroxylation is 1. The summed E-state index contributed by atoms with van der Waals surface area (Å²) in [6.45, 7) is 3.36. The second-order valence-corrected chi connectivity index (χ2v) is 5.84. The molecule has 2 aromatic carbocycles. The van der Waals surface area contributed by atoms with Crippen molar-refractivity contribution in [2.45, 2.75) is 13.5 Å². The van der Waals surface area contributed by atoms with E-state index in [0.717, 1.165) is 16.6 Å². The summed E-state index contributed by atoms with van der Waals surface area (Å²) in [5.74, 6) is 1.31. The van der Waals surface area contributed by atoms with E-state index in [1.165, 1.54) is 0 Å². The van der Waals surface area contributed by atoms with Crippen molar-refractivity contribution in [1.29, 1.82) is 0 Å². The summed E-state index contributed by atoms with van der Waals surface area (Å²) in [7, 11) is 0. The van der Waals surface area contributed by atoms with Gasteiger partial charge in [-0.3, -0.25) is 4.79 Å². The average molecular weight is 322 g/mol. The molecule has 3 aromatic rings. The van der Waals surface area contributed by atoms with Gasteiger partial charge in [-0.05, 0) is 36.6 Å². The minimum Gasteiger partial charge on any atom is -0.486 e. The van der Waals surface area contributed by atoms with Crippen LogP contribution >= 0.6 is 0 Å². The Balaban J connectivity index is 1.53. The van der Waals surface area contributed by atoms with Crippen molar-refractivity contribution in [3.63, 3.8) is 0 Å². The number of hydrogen-bond acceptors (Lipinski definition) is 3. The molecule has 0 radical (unpaired) electrons. The Kier molecular flexibility index (Phi) is 3.61. The highest BCUT2D eigenvalue weighted by molar-refractivity contribution is 5.92. The van der Waals surface area contributed by atoms with Crippen LogP contribution in [0.5, 0.6) is 11.5 Å². The Hall–Kier alpha value is -2.95. The zero-order chi connectivity index (χ0) is 16.5. The molecule has 5 nitrogen and oxygen atoms in total. The fourth-order valence-electron chi connectivity index (χ4n) is 3.02. The quantitative estimate of drug-likeness (QED) is 0.804. The number of carbonyl (C=O) groups excluding carboxylic acids is 1. The number of nitrogens with one attached hydrogen (secondary N) is 1. The van der Waals surface area contributed by atoms with E-state index in [0.29, 0.717) is 30.4 Å². The molecular weight excluding hydrogens is 304 g/mol. The fraction of sp³-hybridized carbons (Fsp3) is 0.211. The van der Waals surface area contributed by atoms with Crippen LogP contribution in [0.15, 0.2) is 48.5 Å². The SMILES string of the molecule is Cc1cc2ccccc2n1CC(=O)Nc1ccc2c(c1)OCCO2. The molecule has 0 saturated heterocycles. The molecule has 4 rings (SSSR count). The predicted octanol–water partition coefficient (Wildman–Crippen LogP) is 3.36. The fourth-order valence-corrected chi connectivity index (χ4v) is 3.02. The lowest BCUT2D eigenvalue weighted by molar-refractivity contribution is -0.116. The summed E-state index contributed by atoms with van der Waals surface area (Å²) in [6, 6.07) is 15.6. The van der Waals surface area contributed by atoms with E-state index in [-0.39, 0.29) is 12.5 Å². The van der Waals surface area contributed by atoms with Gasteiger partial charge in [0.05, 0.1) is 0 Å². The smallest absolute Gasteiger partial charge is 0.244 e. The molecule has 1 amide bonds. The summed E-state index contributed by atoms with van der Waals surface area (Å²) in [5.41, 5.74) is 2.83. The number of rotatable bonds is 3. The summed E-state index contributed by atoms with van der Waals surface area (Å²) < 4.78 is 13.1. The number of benzene rings is 2. The lowest BCUT2D eigenvalue weighted by atomic mass is 10.2. The number of aromatic nitrogens is 1. The number of carbonyl (C=O) groups is 1. The maximum atomic E-state index is 12.4. The molecule has 2 heterocycles. The largest absolute Gasteiger partial charge is 0.486 e. The molecule has 0 bridgehead atoms. The third-order valence-electron chi connectivity index (χ3n) is 4.15. The predicted molar refractivity (Wildman–Crippen MR) is 92.7 cm³/mol. The van der Waals surface area contributed by atoms with Gasteiger partial charge >= 0.3 is 0 Å². The molecule has 1 aliphatic rings. The van der Waals surface area contributed by atoms with Crippen LogP contribution in [-0.2, 0) is 11.3 Å². The Morgan fingerprint density at radius 2 is 1.88 bits per heavy atom. The molecule has 5 heteroatoms. The summed E-state index contributed by atoms with van der Waals surface area (Å²) in [6.07, 6.45) is 0. The van der Waals surface area contributed by atoms with Gasteiger partial charge in [0.15, 0.2) is 11.5 Å². The Labute approximate surface area is 139 Å². The molecule has 122 valence electrons. The number of nitrogens with zero attached hydrogens (tertiary/aromatic N) is 1. The monoisotopic (exact) mass is 322 g/mol. The zero-order valence-corrected chi connectivity index (χ0v) is 13.4. The molecule has 0 aliphatic carbocycles. The normalized spacial score (nSPS) is 13.0. The van der Waals surface area contributed by atoms with E-state index < -0.39 is 0 Å². The number of hydrogen-bond donors (Lipinski definition) is 1.